The van der Waals surface area contributed by atoms with E-state index in [-0.39, 0.29) is 0 Å². The van der Waals surface area contributed by atoms with Gasteiger partial charge in [-0.1, -0.05) is 60.7 Å². The minimum atomic E-state index is 0.314. The number of aromatic nitrogens is 3. The molecule has 12 rings (SSSR count). The molecule has 362 valence electrons. The van der Waals surface area contributed by atoms with E-state index >= 15 is 0 Å². The average molecular weight is 1020 g/mol. The van der Waals surface area contributed by atoms with E-state index in [0.717, 1.165) is 71.4 Å². The molecule has 0 aliphatic rings. The second kappa shape index (κ2) is 19.4. The van der Waals surface area contributed by atoms with Crippen molar-refractivity contribution < 1.29 is 0 Å². The molecule has 80 heavy (non-hydrogen) atoms. The molecule has 0 saturated heterocycles. The summed E-state index contributed by atoms with van der Waals surface area (Å²) in [5.41, 5.74) is 14.3. The number of nitriles is 5. The van der Waals surface area contributed by atoms with Gasteiger partial charge in [-0.2, -0.15) is 26.3 Å². The van der Waals surface area contributed by atoms with Crippen LogP contribution in [0.4, 0.5) is 22.7 Å². The summed E-state index contributed by atoms with van der Waals surface area (Å²) in [5.74, 6) is 0. The average Bonchev–Trinajstić information content (AvgIpc) is 4.03. The van der Waals surface area contributed by atoms with Crippen molar-refractivity contribution in [3.8, 4) is 97.4 Å². The van der Waals surface area contributed by atoms with E-state index < -0.39 is 0 Å². The molecule has 0 unspecified atom stereocenters. The fourth-order valence-corrected chi connectivity index (χ4v) is 10.7. The maximum absolute atomic E-state index is 10.1. The van der Waals surface area contributed by atoms with E-state index in [0.29, 0.717) is 89.8 Å². The minimum Gasteiger partial charge on any atom is -0.307 e. The van der Waals surface area contributed by atoms with E-state index in [1.165, 1.54) is 0 Å². The van der Waals surface area contributed by atoms with Crippen molar-refractivity contribution in [3.05, 3.63) is 256 Å². The maximum Gasteiger partial charge on any atom is 0.189 e. The zero-order valence-corrected chi connectivity index (χ0v) is 41.7. The third-order valence-electron chi connectivity index (χ3n) is 14.3. The summed E-state index contributed by atoms with van der Waals surface area (Å²) < 4.78 is 4.25. The van der Waals surface area contributed by atoms with E-state index in [1.54, 1.807) is 97.3 Å². The molecule has 0 aliphatic carbocycles. The van der Waals surface area contributed by atoms with Gasteiger partial charge in [-0.05, 0) is 159 Å². The van der Waals surface area contributed by atoms with Gasteiger partial charge in [0.25, 0.3) is 0 Å². The Morgan fingerprint density at radius 1 is 0.300 bits per heavy atom. The Bertz CT molecular complexity index is 4440. The molecule has 9 aromatic carbocycles. The first-order chi connectivity index (χ1) is 39.2. The highest BCUT2D eigenvalue weighted by molar-refractivity contribution is 6.14. The van der Waals surface area contributed by atoms with Crippen LogP contribution in [0.25, 0.3) is 130 Å². The standard InChI is InChI=1S/C68H30N12/c1-74-54-21-41(34-70)17-50(25-54)46-9-13-58-59-14-10-47(51-18-42(35-71)22-55(26-51)75-2)30-63(59)79(62(58)29-46)66-38-78-39-67(68(66)45-7-5-40(33-69)6-8-45)80-64-31-48(52-19-43(36-72)23-56(27-52)76-3)11-15-60(64)61-16-12-49(32-65(61)80)53-20-44(37-73)24-57(28-53)77-4/h5-32,38-39H. The zero-order valence-electron chi connectivity index (χ0n) is 41.7. The maximum atomic E-state index is 10.1. The van der Waals surface area contributed by atoms with Gasteiger partial charge in [-0.3, -0.25) is 4.98 Å². The molecule has 12 heteroatoms. The number of hydrogen-bond donors (Lipinski definition) is 0. The van der Waals surface area contributed by atoms with Crippen LogP contribution >= 0.6 is 0 Å². The van der Waals surface area contributed by atoms with Crippen molar-refractivity contribution in [1.29, 1.82) is 26.3 Å². The number of nitrogens with zero attached hydrogens (tertiary/aromatic N) is 12. The Hall–Kier alpha value is -12.9. The third-order valence-corrected chi connectivity index (χ3v) is 14.3. The van der Waals surface area contributed by atoms with Gasteiger partial charge in [0, 0.05) is 49.4 Å². The van der Waals surface area contributed by atoms with Crippen LogP contribution in [0.15, 0.2) is 182 Å². The lowest BCUT2D eigenvalue weighted by Crippen LogP contribution is -2.05. The summed E-state index contributed by atoms with van der Waals surface area (Å²) in [6, 6.07) is 62.7. The highest BCUT2D eigenvalue weighted by Gasteiger charge is 2.25. The molecular formula is C68H30N12. The minimum absolute atomic E-state index is 0.314. The van der Waals surface area contributed by atoms with Crippen molar-refractivity contribution >= 4 is 66.4 Å². The molecule has 0 spiro atoms. The predicted octanol–water partition coefficient (Wildman–Crippen LogP) is 17.2. The predicted molar refractivity (Wildman–Crippen MR) is 309 cm³/mol. The van der Waals surface area contributed by atoms with Gasteiger partial charge < -0.3 is 9.13 Å². The highest BCUT2D eigenvalue weighted by atomic mass is 15.0. The van der Waals surface area contributed by atoms with Gasteiger partial charge in [0.2, 0.25) is 0 Å². The van der Waals surface area contributed by atoms with Crippen molar-refractivity contribution in [2.24, 2.45) is 0 Å². The highest BCUT2D eigenvalue weighted by Crippen LogP contribution is 2.45. The lowest BCUT2D eigenvalue weighted by molar-refractivity contribution is 1.09. The summed E-state index contributed by atoms with van der Waals surface area (Å²) in [5, 5.41) is 53.8. The Balaban J connectivity index is 1.23. The number of benzene rings is 9. The molecular weight excluding hydrogens is 985 g/mol. The van der Waals surface area contributed by atoms with E-state index in [2.05, 4.69) is 58.9 Å². The second-order valence-electron chi connectivity index (χ2n) is 18.8. The lowest BCUT2D eigenvalue weighted by Gasteiger charge is -2.20. The molecule has 0 saturated carbocycles. The van der Waals surface area contributed by atoms with Crippen LogP contribution in [0.3, 0.4) is 0 Å². The second-order valence-corrected chi connectivity index (χ2v) is 18.8. The number of hydrogen-bond acceptors (Lipinski definition) is 6. The third kappa shape index (κ3) is 8.17. The number of fused-ring (bicyclic) bond motifs is 6. The molecule has 3 heterocycles. The summed E-state index contributed by atoms with van der Waals surface area (Å²) in [6.07, 6.45) is 3.58. The van der Waals surface area contributed by atoms with Crippen molar-refractivity contribution in [2.45, 2.75) is 0 Å². The molecule has 12 aromatic rings. The Labute approximate surface area is 457 Å². The largest absolute Gasteiger partial charge is 0.307 e. The van der Waals surface area contributed by atoms with Gasteiger partial charge in [-0.15, -0.1) is 0 Å². The summed E-state index contributed by atoms with van der Waals surface area (Å²) in [6.45, 7) is 31.4. The van der Waals surface area contributed by atoms with Crippen LogP contribution in [-0.2, 0) is 0 Å². The van der Waals surface area contributed by atoms with Crippen LogP contribution in [0.1, 0.15) is 27.8 Å². The summed E-state index contributed by atoms with van der Waals surface area (Å²) in [4.78, 5) is 19.8. The van der Waals surface area contributed by atoms with Gasteiger partial charge in [0.05, 0.1) is 108 Å². The first-order valence-corrected chi connectivity index (χ1v) is 24.5. The number of rotatable bonds is 7. The quantitative estimate of drug-likeness (QED) is 0.145. The fourth-order valence-electron chi connectivity index (χ4n) is 10.7. The fraction of sp³-hybridized carbons (Fsp3) is 0. The zero-order chi connectivity index (χ0) is 55.2. The van der Waals surface area contributed by atoms with Crippen molar-refractivity contribution in [1.82, 2.24) is 14.1 Å². The van der Waals surface area contributed by atoms with Gasteiger partial charge in [0.15, 0.2) is 22.7 Å². The molecule has 3 aromatic heterocycles. The molecule has 0 atom stereocenters. The topological polar surface area (TPSA) is 159 Å². The molecule has 0 fully saturated rings. The van der Waals surface area contributed by atoms with Crippen LogP contribution in [0, 0.1) is 82.9 Å². The Morgan fingerprint density at radius 2 is 0.575 bits per heavy atom. The number of pyridine rings is 1. The van der Waals surface area contributed by atoms with Crippen molar-refractivity contribution in [2.75, 3.05) is 0 Å². The first-order valence-electron chi connectivity index (χ1n) is 24.5. The summed E-state index contributed by atoms with van der Waals surface area (Å²) >= 11 is 0. The van der Waals surface area contributed by atoms with Gasteiger partial charge in [-0.25, -0.2) is 19.4 Å². The monoisotopic (exact) mass is 1010 g/mol. The van der Waals surface area contributed by atoms with E-state index in [1.807, 2.05) is 84.9 Å². The lowest BCUT2D eigenvalue weighted by atomic mass is 9.99. The molecule has 0 aliphatic heterocycles. The Kier molecular flexibility index (Phi) is 11.7. The van der Waals surface area contributed by atoms with Gasteiger partial charge in [0.1, 0.15) is 0 Å². The molecule has 12 nitrogen and oxygen atoms in total. The van der Waals surface area contributed by atoms with E-state index in [9.17, 15) is 26.3 Å². The van der Waals surface area contributed by atoms with Crippen LogP contribution in [0.5, 0.6) is 0 Å². The molecule has 0 radical (unpaired) electrons. The molecule has 0 bridgehead atoms. The van der Waals surface area contributed by atoms with Crippen LogP contribution < -0.4 is 0 Å². The molecule has 0 amide bonds. The van der Waals surface area contributed by atoms with Crippen LogP contribution in [-0.4, -0.2) is 14.1 Å². The SMILES string of the molecule is [C-]#[N+]c1cc(C#N)cc(-c2ccc3c4ccc(-c5cc(C#N)cc([N+]#[C-])c5)cc4n(-c4cncc(-n5c6cc(-c7cc(C#N)cc([N+]#[C-])c7)ccc6c6ccc(-c7cc(C#N)cc([N+]#[C-])c7)cc65)c4-c4ccc(C#N)cc4)c3c2)c1. The first kappa shape index (κ1) is 48.1. The van der Waals surface area contributed by atoms with Crippen molar-refractivity contribution in [3.63, 3.8) is 0 Å². The summed E-state index contributed by atoms with van der Waals surface area (Å²) in [7, 11) is 0. The van der Waals surface area contributed by atoms with E-state index in [4.69, 9.17) is 31.3 Å². The normalized spacial score (nSPS) is 10.6. The van der Waals surface area contributed by atoms with Crippen LogP contribution in [0.2, 0.25) is 0 Å². The van der Waals surface area contributed by atoms with Gasteiger partial charge >= 0.3 is 0 Å². The smallest absolute Gasteiger partial charge is 0.189 e. The Morgan fingerprint density at radius 3 is 0.838 bits per heavy atom. The molecule has 0 N–H and O–H groups in total.